The fourth-order valence-corrected chi connectivity index (χ4v) is 0. The van der Waals surface area contributed by atoms with Crippen LogP contribution in [0.4, 0.5) is 0 Å². The normalized spacial score (nSPS) is 5.44. The molecule has 9 heavy (non-hydrogen) atoms. The molecule has 0 rings (SSSR count). The summed E-state index contributed by atoms with van der Waals surface area (Å²) in [5, 5.41) is 21.7. The summed E-state index contributed by atoms with van der Waals surface area (Å²) in [4.78, 5) is 9.37. The topological polar surface area (TPSA) is 77.8 Å². The number of aliphatic carboxylic acids is 1. The standard InChI is InChI=1S/C3H6O2.2CH4O/c1-2-3(4)5;2*1-2/h2H2,1H3,(H,4,5);2*2H,1H3. The summed E-state index contributed by atoms with van der Waals surface area (Å²) in [6, 6.07) is 0. The van der Waals surface area contributed by atoms with Gasteiger partial charge in [-0.25, -0.2) is 0 Å². The number of rotatable bonds is 1. The first kappa shape index (κ1) is 15.8. The van der Waals surface area contributed by atoms with Crippen LogP contribution in [0.1, 0.15) is 13.3 Å². The summed E-state index contributed by atoms with van der Waals surface area (Å²) in [6.07, 6.45) is 0.222. The van der Waals surface area contributed by atoms with Crippen LogP contribution in [-0.2, 0) is 4.79 Å². The Bertz CT molecular complexity index is 44.2. The molecule has 0 aromatic heterocycles. The number of aliphatic hydroxyl groups is 2. The minimum atomic E-state index is -0.745. The number of hydrogen-bond donors (Lipinski definition) is 3. The summed E-state index contributed by atoms with van der Waals surface area (Å²) >= 11 is 0. The first-order valence-corrected chi connectivity index (χ1v) is 2.38. The molecule has 0 aliphatic carbocycles. The second-order valence-corrected chi connectivity index (χ2v) is 0.747. The van der Waals surface area contributed by atoms with E-state index in [2.05, 4.69) is 0 Å². The average molecular weight is 138 g/mol. The second-order valence-electron chi connectivity index (χ2n) is 0.747. The summed E-state index contributed by atoms with van der Waals surface area (Å²) < 4.78 is 0. The Morgan fingerprint density at radius 2 is 1.33 bits per heavy atom. The Morgan fingerprint density at radius 3 is 1.33 bits per heavy atom. The van der Waals surface area contributed by atoms with Gasteiger partial charge in [-0.05, 0) is 0 Å². The van der Waals surface area contributed by atoms with Gasteiger partial charge in [-0.3, -0.25) is 4.79 Å². The molecule has 0 heterocycles. The highest BCUT2D eigenvalue weighted by Gasteiger charge is 1.80. The maximum absolute atomic E-state index is 9.37. The van der Waals surface area contributed by atoms with E-state index in [1.54, 1.807) is 6.92 Å². The maximum Gasteiger partial charge on any atom is 0.303 e. The van der Waals surface area contributed by atoms with E-state index in [4.69, 9.17) is 15.3 Å². The Hall–Kier alpha value is -0.610. The van der Waals surface area contributed by atoms with E-state index < -0.39 is 5.97 Å². The summed E-state index contributed by atoms with van der Waals surface area (Å²) in [6.45, 7) is 1.60. The molecule has 0 saturated carbocycles. The van der Waals surface area contributed by atoms with Crippen LogP contribution in [0.3, 0.4) is 0 Å². The Labute approximate surface area is 54.8 Å². The van der Waals surface area contributed by atoms with E-state index in [0.29, 0.717) is 0 Å². The van der Waals surface area contributed by atoms with Gasteiger partial charge in [0.25, 0.3) is 0 Å². The van der Waals surface area contributed by atoms with Crippen molar-refractivity contribution in [3.63, 3.8) is 0 Å². The van der Waals surface area contributed by atoms with Crippen LogP contribution in [0, 0.1) is 0 Å². The van der Waals surface area contributed by atoms with Crippen molar-refractivity contribution in [2.75, 3.05) is 14.2 Å². The van der Waals surface area contributed by atoms with E-state index in [1.807, 2.05) is 0 Å². The van der Waals surface area contributed by atoms with E-state index >= 15 is 0 Å². The van der Waals surface area contributed by atoms with Crippen molar-refractivity contribution in [3.8, 4) is 0 Å². The molecule has 58 valence electrons. The molecule has 0 fully saturated rings. The quantitative estimate of drug-likeness (QED) is 0.464. The van der Waals surface area contributed by atoms with Gasteiger partial charge in [-0.1, -0.05) is 6.92 Å². The molecule has 0 radical (unpaired) electrons. The lowest BCUT2D eigenvalue weighted by molar-refractivity contribution is -0.136. The molecule has 0 atom stereocenters. The zero-order valence-corrected chi connectivity index (χ0v) is 5.96. The molecule has 0 spiro atoms. The first-order valence-electron chi connectivity index (χ1n) is 2.38. The largest absolute Gasteiger partial charge is 0.481 e. The summed E-state index contributed by atoms with van der Waals surface area (Å²) in [5.41, 5.74) is 0. The van der Waals surface area contributed by atoms with E-state index in [0.717, 1.165) is 14.2 Å². The van der Waals surface area contributed by atoms with Gasteiger partial charge in [0.15, 0.2) is 0 Å². The smallest absolute Gasteiger partial charge is 0.303 e. The van der Waals surface area contributed by atoms with Crippen molar-refractivity contribution in [3.05, 3.63) is 0 Å². The van der Waals surface area contributed by atoms with Gasteiger partial charge in [-0.15, -0.1) is 0 Å². The van der Waals surface area contributed by atoms with E-state index in [-0.39, 0.29) is 6.42 Å². The molecule has 3 N–H and O–H groups in total. The van der Waals surface area contributed by atoms with Gasteiger partial charge in [-0.2, -0.15) is 0 Å². The molecule has 0 amide bonds. The van der Waals surface area contributed by atoms with Crippen molar-refractivity contribution in [1.82, 2.24) is 0 Å². The third kappa shape index (κ3) is 111. The van der Waals surface area contributed by atoms with Crippen LogP contribution in [0.15, 0.2) is 0 Å². The van der Waals surface area contributed by atoms with Crippen molar-refractivity contribution < 1.29 is 20.1 Å². The van der Waals surface area contributed by atoms with Crippen molar-refractivity contribution >= 4 is 5.97 Å². The molecule has 0 aromatic carbocycles. The Kier molecular flexibility index (Phi) is 46.0. The maximum atomic E-state index is 9.37. The zero-order valence-electron chi connectivity index (χ0n) is 5.96. The molecule has 4 nitrogen and oxygen atoms in total. The number of carboxylic acids is 1. The van der Waals surface area contributed by atoms with Gasteiger partial charge in [0.05, 0.1) is 0 Å². The van der Waals surface area contributed by atoms with Crippen molar-refractivity contribution in [2.45, 2.75) is 13.3 Å². The number of carbonyl (C=O) groups is 1. The number of hydrogen-bond acceptors (Lipinski definition) is 3. The average Bonchev–Trinajstić information content (AvgIpc) is 1.97. The lowest BCUT2D eigenvalue weighted by Gasteiger charge is -1.71. The van der Waals surface area contributed by atoms with Gasteiger partial charge in [0, 0.05) is 20.6 Å². The van der Waals surface area contributed by atoms with Gasteiger partial charge >= 0.3 is 5.97 Å². The lowest BCUT2D eigenvalue weighted by Crippen LogP contribution is -1.86. The summed E-state index contributed by atoms with van der Waals surface area (Å²) in [7, 11) is 2.00. The third-order valence-corrected chi connectivity index (χ3v) is 0.302. The Balaban J connectivity index is -0.0000000771. The minimum absolute atomic E-state index is 0.222. The molecule has 0 aliphatic heterocycles. The molecule has 0 unspecified atom stereocenters. The van der Waals surface area contributed by atoms with Crippen LogP contribution >= 0.6 is 0 Å². The second kappa shape index (κ2) is 26.3. The van der Waals surface area contributed by atoms with Crippen molar-refractivity contribution in [2.24, 2.45) is 0 Å². The third-order valence-electron chi connectivity index (χ3n) is 0.302. The van der Waals surface area contributed by atoms with E-state index in [9.17, 15) is 4.79 Å². The highest BCUT2D eigenvalue weighted by Crippen LogP contribution is 1.67. The molecular formula is C5H14O4. The molecule has 0 saturated heterocycles. The summed E-state index contributed by atoms with van der Waals surface area (Å²) in [5.74, 6) is -0.745. The fraction of sp³-hybridized carbons (Fsp3) is 0.800. The fourth-order valence-electron chi connectivity index (χ4n) is 0. The number of aliphatic hydroxyl groups excluding tert-OH is 2. The highest BCUT2D eigenvalue weighted by molar-refractivity contribution is 5.66. The Morgan fingerprint density at radius 1 is 1.22 bits per heavy atom. The van der Waals surface area contributed by atoms with Crippen LogP contribution in [-0.4, -0.2) is 35.5 Å². The molecule has 4 heteroatoms. The predicted octanol–water partition coefficient (Wildman–Crippen LogP) is -0.302. The predicted molar refractivity (Wildman–Crippen MR) is 34.2 cm³/mol. The zero-order chi connectivity index (χ0) is 8.28. The van der Waals surface area contributed by atoms with Crippen LogP contribution < -0.4 is 0 Å². The molecule has 0 aromatic rings. The van der Waals surface area contributed by atoms with Gasteiger partial charge in [0.2, 0.25) is 0 Å². The number of carboxylic acid groups (broad SMARTS) is 1. The SMILES string of the molecule is CCC(=O)O.CO.CO. The van der Waals surface area contributed by atoms with Gasteiger partial charge in [0.1, 0.15) is 0 Å². The monoisotopic (exact) mass is 138 g/mol. The first-order chi connectivity index (χ1) is 4.27. The van der Waals surface area contributed by atoms with Crippen LogP contribution in [0.25, 0.3) is 0 Å². The van der Waals surface area contributed by atoms with Crippen LogP contribution in [0.2, 0.25) is 0 Å². The van der Waals surface area contributed by atoms with Crippen molar-refractivity contribution in [1.29, 1.82) is 0 Å². The van der Waals surface area contributed by atoms with E-state index in [1.165, 1.54) is 0 Å². The minimum Gasteiger partial charge on any atom is -0.481 e. The van der Waals surface area contributed by atoms with Crippen LogP contribution in [0.5, 0.6) is 0 Å². The lowest BCUT2D eigenvalue weighted by atomic mass is 10.5. The molecular weight excluding hydrogens is 124 g/mol. The highest BCUT2D eigenvalue weighted by atomic mass is 16.4. The van der Waals surface area contributed by atoms with Gasteiger partial charge < -0.3 is 15.3 Å². The molecule has 0 bridgehead atoms. The molecule has 0 aliphatic rings.